The molecule has 0 saturated carbocycles. The molecule has 1 heterocycles. The van der Waals surface area contributed by atoms with Gasteiger partial charge in [0.1, 0.15) is 23.5 Å². The Morgan fingerprint density at radius 1 is 1.04 bits per heavy atom. The van der Waals surface area contributed by atoms with Gasteiger partial charge in [0.25, 0.3) is 0 Å². The van der Waals surface area contributed by atoms with Crippen molar-refractivity contribution >= 4 is 58.1 Å². The van der Waals surface area contributed by atoms with Crippen LogP contribution in [0.5, 0.6) is 0 Å². The molecule has 146 valence electrons. The molecule has 0 aromatic carbocycles. The third-order valence-electron chi connectivity index (χ3n) is 2.67. The zero-order chi connectivity index (χ0) is 20.4. The standard InChI is InChI=1S/C11H20B2N6O6P2/c1-11(2,3)23-10(22)19-4-6(5-19)14-7(15-8(20)24-26-17-12)16-9(21)25-27-18-13/h6,17-18,26-27H,4-5H2,1-3H3,(H2,14,15,16,20,21). The maximum absolute atomic E-state index is 11.9. The molecule has 0 aromatic heterocycles. The third-order valence-corrected chi connectivity index (χ3v) is 3.48. The quantitative estimate of drug-likeness (QED) is 0.159. The lowest BCUT2D eigenvalue weighted by Crippen LogP contribution is -2.55. The summed E-state index contributed by atoms with van der Waals surface area (Å²) < 4.78 is 14.6. The highest BCUT2D eigenvalue weighted by Gasteiger charge is 2.34. The van der Waals surface area contributed by atoms with Crippen LogP contribution in [0.25, 0.3) is 0 Å². The Bertz CT molecular complexity index is 548. The number of ether oxygens (including phenoxy) is 1. The van der Waals surface area contributed by atoms with Crippen LogP contribution in [0.3, 0.4) is 0 Å². The summed E-state index contributed by atoms with van der Waals surface area (Å²) in [5.41, 5.74) is -0.608. The summed E-state index contributed by atoms with van der Waals surface area (Å²) in [7, 11) is 9.04. The number of nitrogens with zero attached hydrogens (tertiary/aromatic N) is 2. The Morgan fingerprint density at radius 3 is 1.93 bits per heavy atom. The summed E-state index contributed by atoms with van der Waals surface area (Å²) in [5, 5.41) is 4.49. The summed E-state index contributed by atoms with van der Waals surface area (Å²) in [4.78, 5) is 45.0. The Labute approximate surface area is 163 Å². The molecular weight excluding hydrogens is 396 g/mol. The van der Waals surface area contributed by atoms with Gasteiger partial charge in [-0.2, -0.15) is 0 Å². The summed E-state index contributed by atoms with van der Waals surface area (Å²) in [6.45, 7) is 5.79. The predicted molar refractivity (Wildman–Crippen MR) is 103 cm³/mol. The van der Waals surface area contributed by atoms with E-state index in [0.29, 0.717) is 0 Å². The third kappa shape index (κ3) is 9.76. The van der Waals surface area contributed by atoms with Crippen molar-refractivity contribution in [2.45, 2.75) is 32.4 Å². The van der Waals surface area contributed by atoms with Crippen molar-refractivity contribution < 1.29 is 28.2 Å². The molecule has 0 aromatic rings. The molecule has 2 atom stereocenters. The lowest BCUT2D eigenvalue weighted by atomic mass is 10.1. The lowest BCUT2D eigenvalue weighted by molar-refractivity contribution is 0.00897. The summed E-state index contributed by atoms with van der Waals surface area (Å²) in [6.07, 6.45) is -2.26. The maximum atomic E-state index is 11.9. The zero-order valence-corrected chi connectivity index (χ0v) is 17.0. The van der Waals surface area contributed by atoms with E-state index in [-0.39, 0.29) is 25.1 Å². The Balaban J connectivity index is 2.63. The van der Waals surface area contributed by atoms with Gasteiger partial charge in [-0.25, -0.2) is 19.4 Å². The molecule has 16 heteroatoms. The fourth-order valence-corrected chi connectivity index (χ4v) is 2.09. The minimum atomic E-state index is -0.895. The molecule has 0 spiro atoms. The minimum Gasteiger partial charge on any atom is -0.444 e. The first-order valence-electron chi connectivity index (χ1n) is 7.57. The van der Waals surface area contributed by atoms with Crippen LogP contribution in [0.1, 0.15) is 20.8 Å². The van der Waals surface area contributed by atoms with E-state index in [1.807, 2.05) is 0 Å². The fourth-order valence-electron chi connectivity index (χ4n) is 1.69. The van der Waals surface area contributed by atoms with Crippen LogP contribution < -0.4 is 20.6 Å². The molecular formula is C11H20B2N6O6P2. The predicted octanol–water partition coefficient (Wildman–Crippen LogP) is -0.223. The lowest BCUT2D eigenvalue weighted by Gasteiger charge is -2.37. The second kappa shape index (κ2) is 11.3. The number of hydrogen-bond donors (Lipinski definition) is 4. The van der Waals surface area contributed by atoms with Crippen LogP contribution in [0.4, 0.5) is 14.4 Å². The zero-order valence-electron chi connectivity index (χ0n) is 15.0. The van der Waals surface area contributed by atoms with Gasteiger partial charge in [-0.15, -0.1) is 0 Å². The molecule has 1 fully saturated rings. The monoisotopic (exact) mass is 416 g/mol. The topological polar surface area (TPSA) is 143 Å². The van der Waals surface area contributed by atoms with Crippen molar-refractivity contribution in [1.29, 1.82) is 0 Å². The number of hydrogen-bond acceptors (Lipinski definition) is 9. The number of amides is 3. The molecule has 3 amide bonds. The Morgan fingerprint density at radius 2 is 1.52 bits per heavy atom. The molecule has 2 unspecified atom stereocenters. The molecule has 0 aliphatic carbocycles. The van der Waals surface area contributed by atoms with Gasteiger partial charge >= 0.3 is 18.3 Å². The van der Waals surface area contributed by atoms with Gasteiger partial charge in [0.15, 0.2) is 16.0 Å². The van der Waals surface area contributed by atoms with E-state index >= 15 is 0 Å². The normalized spacial score (nSPS) is 14.7. The summed E-state index contributed by atoms with van der Waals surface area (Å²) >= 11 is 0. The molecule has 1 aliphatic rings. The highest BCUT2D eigenvalue weighted by Crippen LogP contribution is 2.17. The van der Waals surface area contributed by atoms with Crippen molar-refractivity contribution in [3.8, 4) is 0 Å². The first-order chi connectivity index (χ1) is 12.6. The summed E-state index contributed by atoms with van der Waals surface area (Å²) in [5.74, 6) is -0.206. The molecule has 1 aliphatic heterocycles. The van der Waals surface area contributed by atoms with Gasteiger partial charge in [0.2, 0.25) is 5.96 Å². The van der Waals surface area contributed by atoms with Crippen LogP contribution in [0, 0.1) is 0 Å². The van der Waals surface area contributed by atoms with E-state index < -0.39 is 41.8 Å². The van der Waals surface area contributed by atoms with Crippen molar-refractivity contribution in [2.24, 2.45) is 4.99 Å². The number of carbonyl (C=O) groups excluding carboxylic acids is 3. The molecule has 1 rings (SSSR count). The average molecular weight is 416 g/mol. The minimum absolute atomic E-state index is 0.206. The van der Waals surface area contributed by atoms with Gasteiger partial charge in [-0.05, 0) is 20.8 Å². The van der Waals surface area contributed by atoms with E-state index in [0.717, 1.165) is 0 Å². The van der Waals surface area contributed by atoms with Crippen molar-refractivity contribution in [3.05, 3.63) is 0 Å². The number of guanidine groups is 1. The molecule has 4 radical (unpaired) electrons. The van der Waals surface area contributed by atoms with Gasteiger partial charge < -0.3 is 28.7 Å². The van der Waals surface area contributed by atoms with Crippen LogP contribution in [-0.4, -0.2) is 69.8 Å². The first kappa shape index (κ1) is 23.4. The van der Waals surface area contributed by atoms with E-state index in [9.17, 15) is 14.4 Å². The van der Waals surface area contributed by atoms with E-state index in [2.05, 4.69) is 34.7 Å². The number of carbonyl (C=O) groups is 3. The Hall–Kier alpha value is -1.61. The number of aliphatic imine (C=N–C) groups is 1. The molecule has 4 N–H and O–H groups in total. The SMILES string of the molecule is [B]NPOC(=O)NC(=NC1CN(C(=O)OC(C)(C)C)C1)NC(=O)OPN[B]. The van der Waals surface area contributed by atoms with Crippen molar-refractivity contribution in [3.63, 3.8) is 0 Å². The largest absolute Gasteiger partial charge is 0.444 e. The molecule has 12 nitrogen and oxygen atoms in total. The van der Waals surface area contributed by atoms with Gasteiger partial charge in [-0.3, -0.25) is 10.6 Å². The number of likely N-dealkylation sites (tertiary alicyclic amines) is 1. The van der Waals surface area contributed by atoms with Crippen molar-refractivity contribution in [2.75, 3.05) is 13.1 Å². The van der Waals surface area contributed by atoms with Gasteiger partial charge in [0, 0.05) is 13.1 Å². The molecule has 0 bridgehead atoms. The first-order valence-corrected chi connectivity index (χ1v) is 9.39. The van der Waals surface area contributed by atoms with Crippen molar-refractivity contribution in [1.82, 2.24) is 25.5 Å². The average Bonchev–Trinajstić information content (AvgIpc) is 2.51. The fraction of sp³-hybridized carbons (Fsp3) is 0.636. The van der Waals surface area contributed by atoms with E-state index in [1.54, 1.807) is 20.8 Å². The summed E-state index contributed by atoms with van der Waals surface area (Å²) in [6, 6.07) is -0.363. The Kier molecular flexibility index (Phi) is 9.79. The maximum Gasteiger partial charge on any atom is 0.417 e. The highest BCUT2D eigenvalue weighted by molar-refractivity contribution is 7.32. The van der Waals surface area contributed by atoms with Gasteiger partial charge in [0.05, 0.1) is 6.04 Å². The van der Waals surface area contributed by atoms with Crippen LogP contribution >= 0.6 is 17.9 Å². The number of rotatable bonds is 5. The van der Waals surface area contributed by atoms with E-state index in [1.165, 1.54) is 4.90 Å². The van der Waals surface area contributed by atoms with Crippen LogP contribution in [0.15, 0.2) is 4.99 Å². The second-order valence-electron chi connectivity index (χ2n) is 6.04. The molecule has 1 saturated heterocycles. The van der Waals surface area contributed by atoms with Crippen LogP contribution in [0.2, 0.25) is 0 Å². The van der Waals surface area contributed by atoms with Crippen LogP contribution in [-0.2, 0) is 13.8 Å². The van der Waals surface area contributed by atoms with Gasteiger partial charge in [-0.1, -0.05) is 0 Å². The number of nitrogens with one attached hydrogen (secondary N) is 4. The smallest absolute Gasteiger partial charge is 0.417 e. The van der Waals surface area contributed by atoms with E-state index in [4.69, 9.17) is 20.7 Å². The second-order valence-corrected chi connectivity index (χ2v) is 7.43. The highest BCUT2D eigenvalue weighted by atomic mass is 31.1. The molecule has 27 heavy (non-hydrogen) atoms.